The smallest absolute Gasteiger partial charge is 0.326 e. The number of hydrogen-bond donors (Lipinski definition) is 12. The van der Waals surface area contributed by atoms with Crippen molar-refractivity contribution in [2.24, 2.45) is 39.9 Å². The number of carboxylic acids is 2. The molecule has 23 nitrogen and oxygen atoms in total. The summed E-state index contributed by atoms with van der Waals surface area (Å²) >= 11 is 0. The number of carbonyl (C=O) groups excluding carboxylic acids is 6. The molecule has 15 N–H and O–H groups in total. The van der Waals surface area contributed by atoms with Gasteiger partial charge in [-0.25, -0.2) is 9.78 Å². The summed E-state index contributed by atoms with van der Waals surface area (Å²) in [6.07, 6.45) is 4.13. The number of aromatic amines is 1. The van der Waals surface area contributed by atoms with Gasteiger partial charge in [-0.3, -0.25) is 38.6 Å². The second kappa shape index (κ2) is 23.6. The van der Waals surface area contributed by atoms with Crippen LogP contribution in [0.3, 0.4) is 0 Å². The summed E-state index contributed by atoms with van der Waals surface area (Å²) in [5.41, 5.74) is 17.7. The highest BCUT2D eigenvalue weighted by Gasteiger charge is 2.41. The Bertz CT molecular complexity index is 1990. The number of aliphatic imine (C=N–C) groups is 1. The molecule has 6 atom stereocenters. The Morgan fingerprint density at radius 1 is 0.891 bits per heavy atom. The summed E-state index contributed by atoms with van der Waals surface area (Å²) in [6.45, 7) is 3.82. The first-order valence-electron chi connectivity index (χ1n) is 21.1. The third kappa shape index (κ3) is 14.9. The topological polar surface area (TPSA) is 380 Å². The van der Waals surface area contributed by atoms with Crippen molar-refractivity contribution in [1.29, 1.82) is 0 Å². The summed E-state index contributed by atoms with van der Waals surface area (Å²) < 4.78 is 0. The van der Waals surface area contributed by atoms with E-state index in [0.717, 1.165) is 0 Å². The highest BCUT2D eigenvalue weighted by molar-refractivity contribution is 5.96. The number of carbonyl (C=O) groups is 8. The predicted molar refractivity (Wildman–Crippen MR) is 228 cm³/mol. The first kappa shape index (κ1) is 49.9. The fourth-order valence-electron chi connectivity index (χ4n) is 7.54. The highest BCUT2D eigenvalue weighted by Crippen LogP contribution is 2.33. The van der Waals surface area contributed by atoms with E-state index in [1.165, 1.54) is 29.6 Å². The normalized spacial score (nSPS) is 19.1. The molecule has 0 radical (unpaired) electrons. The van der Waals surface area contributed by atoms with Gasteiger partial charge in [0.25, 0.3) is 0 Å². The van der Waals surface area contributed by atoms with E-state index in [1.54, 1.807) is 26.0 Å². The van der Waals surface area contributed by atoms with Gasteiger partial charge in [0.15, 0.2) is 5.96 Å². The average molecular weight is 897 g/mol. The van der Waals surface area contributed by atoms with Crippen molar-refractivity contribution < 1.29 is 53.7 Å². The zero-order valence-electron chi connectivity index (χ0n) is 35.8. The Hall–Kier alpha value is -6.78. The second-order valence-electron chi connectivity index (χ2n) is 16.5. The molecule has 2 fully saturated rings. The van der Waals surface area contributed by atoms with Crippen molar-refractivity contribution in [1.82, 2.24) is 41.5 Å². The molecule has 350 valence electrons. The maximum absolute atomic E-state index is 13.9. The standard InChI is InChI=1S/C41H60N12O11/c1-21(2)33(52-37(60)28(5-3-11-46-41(43)44)49-35(58)27(42)17-32(55)56)38(61)50-29(15-22-7-9-26(54)10-8-22)36(59)47-18-23-13-24(14-23)34(57)51-30(16-25-19-45-20-48-25)39(62)53-12-4-6-31(53)40(63)64/h7-10,19-21,23-24,27-31,33,54H,3-6,11-18,42H2,1-2H3,(H,45,48)(H,47,59)(H,49,58)(H,50,61)(H,51,57)(H,52,60)(H,55,56)(H,63,64)(H4,43,44,46)/t23?,24?,27-,28-,29?,30-,31-,33-/m0/s1. The summed E-state index contributed by atoms with van der Waals surface area (Å²) in [6, 6.07) is -1.12. The maximum atomic E-state index is 13.9. The van der Waals surface area contributed by atoms with E-state index in [0.29, 0.717) is 36.9 Å². The van der Waals surface area contributed by atoms with Crippen LogP contribution in [0.2, 0.25) is 0 Å². The lowest BCUT2D eigenvalue weighted by Gasteiger charge is -2.36. The van der Waals surface area contributed by atoms with Gasteiger partial charge >= 0.3 is 11.9 Å². The number of imidazole rings is 1. The van der Waals surface area contributed by atoms with Gasteiger partial charge in [-0.2, -0.15) is 0 Å². The van der Waals surface area contributed by atoms with Crippen molar-refractivity contribution in [3.63, 3.8) is 0 Å². The Morgan fingerprint density at radius 3 is 2.19 bits per heavy atom. The Kier molecular flexibility index (Phi) is 18.4. The summed E-state index contributed by atoms with van der Waals surface area (Å²) in [5, 5.41) is 42.1. The molecule has 0 spiro atoms. The van der Waals surface area contributed by atoms with E-state index in [2.05, 4.69) is 41.5 Å². The Balaban J connectivity index is 1.40. The molecule has 1 aromatic carbocycles. The molecule has 23 heteroatoms. The van der Waals surface area contributed by atoms with Crippen molar-refractivity contribution in [3.05, 3.63) is 48.0 Å². The highest BCUT2D eigenvalue weighted by atomic mass is 16.4. The van der Waals surface area contributed by atoms with Crippen LogP contribution in [0.15, 0.2) is 41.8 Å². The molecule has 0 bridgehead atoms. The molecule has 64 heavy (non-hydrogen) atoms. The lowest BCUT2D eigenvalue weighted by molar-refractivity contribution is -0.149. The first-order valence-corrected chi connectivity index (χ1v) is 21.1. The van der Waals surface area contributed by atoms with Crippen molar-refractivity contribution >= 4 is 53.3 Å². The molecule has 2 heterocycles. The number of carboxylic acid groups (broad SMARTS) is 2. The zero-order chi connectivity index (χ0) is 47.1. The maximum Gasteiger partial charge on any atom is 0.326 e. The van der Waals surface area contributed by atoms with Crippen LogP contribution in [0.4, 0.5) is 0 Å². The molecule has 6 amide bonds. The van der Waals surface area contributed by atoms with E-state index in [4.69, 9.17) is 22.3 Å². The van der Waals surface area contributed by atoms with Crippen LogP contribution < -0.4 is 43.8 Å². The predicted octanol–water partition coefficient (Wildman–Crippen LogP) is -2.43. The fraction of sp³-hybridized carbons (Fsp3) is 0.561. The molecule has 2 aromatic rings. The average Bonchev–Trinajstić information content (AvgIpc) is 3.93. The van der Waals surface area contributed by atoms with Crippen LogP contribution in [0.25, 0.3) is 0 Å². The first-order chi connectivity index (χ1) is 30.3. The molecule has 1 aromatic heterocycles. The number of amides is 6. The lowest BCUT2D eigenvalue weighted by Crippen LogP contribution is -2.59. The number of aromatic hydroxyl groups is 1. The van der Waals surface area contributed by atoms with E-state index >= 15 is 0 Å². The van der Waals surface area contributed by atoms with Gasteiger partial charge in [-0.05, 0) is 68.1 Å². The molecule has 1 saturated carbocycles. The minimum Gasteiger partial charge on any atom is -0.508 e. The molecule has 1 aliphatic carbocycles. The monoisotopic (exact) mass is 896 g/mol. The van der Waals surface area contributed by atoms with Crippen molar-refractivity contribution in [2.45, 2.75) is 108 Å². The Labute approximate surface area is 369 Å². The van der Waals surface area contributed by atoms with Crippen LogP contribution in [-0.4, -0.2) is 139 Å². The minimum absolute atomic E-state index is 0.00808. The number of benzene rings is 1. The van der Waals surface area contributed by atoms with E-state index in [-0.39, 0.29) is 68.9 Å². The van der Waals surface area contributed by atoms with Gasteiger partial charge in [0.1, 0.15) is 36.0 Å². The summed E-state index contributed by atoms with van der Waals surface area (Å²) in [4.78, 5) is 116. The number of nitrogens with zero attached hydrogens (tertiary/aromatic N) is 3. The van der Waals surface area contributed by atoms with Crippen LogP contribution in [0.1, 0.15) is 70.1 Å². The molecule has 2 aliphatic rings. The molecule has 1 saturated heterocycles. The Morgan fingerprint density at radius 2 is 1.58 bits per heavy atom. The SMILES string of the molecule is CC(C)[C@H](NC(=O)[C@H](CCCN=C(N)N)NC(=O)[C@@H](N)CC(=O)O)C(=O)NC(Cc1ccc(O)cc1)C(=O)NCC1CC(C(=O)N[C@@H](Cc2cnc[nH]2)C(=O)N2CCC[C@H]2C(=O)O)C1. The number of rotatable bonds is 24. The van der Waals surface area contributed by atoms with Crippen LogP contribution in [-0.2, 0) is 51.2 Å². The molecule has 4 rings (SSSR count). The second-order valence-corrected chi connectivity index (χ2v) is 16.5. The van der Waals surface area contributed by atoms with Gasteiger partial charge < -0.3 is 69.0 Å². The van der Waals surface area contributed by atoms with Gasteiger partial charge in [-0.1, -0.05) is 26.0 Å². The molecular weight excluding hydrogens is 837 g/mol. The summed E-state index contributed by atoms with van der Waals surface area (Å²) in [5.74, 6) is -7.64. The number of phenolic OH excluding ortho intramolecular Hbond substituents is 1. The van der Waals surface area contributed by atoms with E-state index in [9.17, 15) is 48.6 Å². The third-order valence-corrected chi connectivity index (χ3v) is 11.2. The number of nitrogens with two attached hydrogens (primary N) is 3. The number of guanidine groups is 1. The molecular formula is C41H60N12O11. The lowest BCUT2D eigenvalue weighted by atomic mass is 9.74. The van der Waals surface area contributed by atoms with Gasteiger partial charge in [0.2, 0.25) is 35.4 Å². The van der Waals surface area contributed by atoms with Crippen molar-refractivity contribution in [3.8, 4) is 5.75 Å². The van der Waals surface area contributed by atoms with Gasteiger partial charge in [-0.15, -0.1) is 0 Å². The minimum atomic E-state index is -1.46. The molecule has 1 unspecified atom stereocenters. The van der Waals surface area contributed by atoms with Crippen LogP contribution >= 0.6 is 0 Å². The fourth-order valence-corrected chi connectivity index (χ4v) is 7.54. The number of H-pyrrole nitrogens is 1. The van der Waals surface area contributed by atoms with Gasteiger partial charge in [0.05, 0.1) is 18.8 Å². The molecule has 1 aliphatic heterocycles. The number of aromatic nitrogens is 2. The van der Waals surface area contributed by atoms with Crippen LogP contribution in [0, 0.1) is 17.8 Å². The zero-order valence-corrected chi connectivity index (χ0v) is 35.8. The van der Waals surface area contributed by atoms with Crippen molar-refractivity contribution in [2.75, 3.05) is 19.6 Å². The number of aliphatic carboxylic acids is 2. The van der Waals surface area contributed by atoms with E-state index in [1.807, 2.05) is 0 Å². The number of likely N-dealkylation sites (tertiary alicyclic amines) is 1. The van der Waals surface area contributed by atoms with Gasteiger partial charge in [0, 0.05) is 50.3 Å². The third-order valence-electron chi connectivity index (χ3n) is 11.2. The number of phenols is 1. The largest absolute Gasteiger partial charge is 0.508 e. The number of nitrogens with one attached hydrogen (secondary N) is 6. The summed E-state index contributed by atoms with van der Waals surface area (Å²) in [7, 11) is 0. The quantitative estimate of drug-likeness (QED) is 0.0296. The van der Waals surface area contributed by atoms with E-state index < -0.39 is 96.0 Å². The number of hydrogen-bond acceptors (Lipinski definition) is 12. The van der Waals surface area contributed by atoms with Crippen LogP contribution in [0.5, 0.6) is 5.75 Å².